The van der Waals surface area contributed by atoms with Crippen LogP contribution in [-0.4, -0.2) is 25.2 Å². The van der Waals surface area contributed by atoms with Crippen molar-refractivity contribution >= 4 is 10.9 Å². The smallest absolute Gasteiger partial charge is 0.0763 e. The number of pyridine rings is 1. The van der Waals surface area contributed by atoms with Gasteiger partial charge in [0.05, 0.1) is 17.7 Å². The second-order valence-corrected chi connectivity index (χ2v) is 4.37. The van der Waals surface area contributed by atoms with Gasteiger partial charge in [0.2, 0.25) is 0 Å². The predicted octanol–water partition coefficient (Wildman–Crippen LogP) is 2.92. The van der Waals surface area contributed by atoms with Crippen molar-refractivity contribution < 1.29 is 4.74 Å². The van der Waals surface area contributed by atoms with Crippen LogP contribution in [0.2, 0.25) is 0 Å². The number of nitrogens with one attached hydrogen (secondary N) is 1. The highest BCUT2D eigenvalue weighted by molar-refractivity contribution is 5.82. The average molecular weight is 244 g/mol. The molecule has 2 atom stereocenters. The molecular weight excluding hydrogens is 224 g/mol. The molecule has 96 valence electrons. The number of rotatable bonds is 5. The molecule has 0 spiro atoms. The van der Waals surface area contributed by atoms with Crippen molar-refractivity contribution in [2.45, 2.75) is 25.5 Å². The molecule has 0 fully saturated rings. The van der Waals surface area contributed by atoms with Gasteiger partial charge >= 0.3 is 0 Å². The summed E-state index contributed by atoms with van der Waals surface area (Å²) in [4.78, 5) is 4.40. The topological polar surface area (TPSA) is 34.1 Å². The van der Waals surface area contributed by atoms with Crippen molar-refractivity contribution in [1.82, 2.24) is 10.3 Å². The van der Waals surface area contributed by atoms with Crippen molar-refractivity contribution in [2.24, 2.45) is 0 Å². The van der Waals surface area contributed by atoms with Gasteiger partial charge in [0.25, 0.3) is 0 Å². The molecule has 0 bridgehead atoms. The fourth-order valence-corrected chi connectivity index (χ4v) is 2.48. The maximum Gasteiger partial charge on any atom is 0.0763 e. The molecule has 0 aliphatic rings. The predicted molar refractivity (Wildman–Crippen MR) is 74.6 cm³/mol. The minimum absolute atomic E-state index is 0.167. The van der Waals surface area contributed by atoms with Crippen molar-refractivity contribution in [2.75, 3.05) is 14.2 Å². The van der Waals surface area contributed by atoms with Crippen LogP contribution in [0.15, 0.2) is 36.5 Å². The molecule has 0 radical (unpaired) electrons. The minimum atomic E-state index is 0.167. The standard InChI is InChI=1S/C15H20N2O/c1-4-14(18-3)15(16-2)12-7-5-9-13-11(12)8-6-10-17-13/h5-10,14-16H,4H2,1-3H3. The number of fused-ring (bicyclic) bond motifs is 1. The van der Waals surface area contributed by atoms with E-state index in [2.05, 4.69) is 35.4 Å². The average Bonchev–Trinajstić information content (AvgIpc) is 2.44. The van der Waals surface area contributed by atoms with Gasteiger partial charge in [-0.25, -0.2) is 0 Å². The Hall–Kier alpha value is -1.45. The van der Waals surface area contributed by atoms with Gasteiger partial charge in [-0.05, 0) is 31.2 Å². The van der Waals surface area contributed by atoms with Crippen LogP contribution in [0.4, 0.5) is 0 Å². The van der Waals surface area contributed by atoms with E-state index in [9.17, 15) is 0 Å². The maximum absolute atomic E-state index is 5.57. The highest BCUT2D eigenvalue weighted by Gasteiger charge is 2.21. The third-order valence-electron chi connectivity index (χ3n) is 3.40. The molecule has 3 nitrogen and oxygen atoms in total. The Bertz CT molecular complexity index is 503. The maximum atomic E-state index is 5.57. The number of likely N-dealkylation sites (N-methyl/N-ethyl adjacent to an activating group) is 1. The van der Waals surface area contributed by atoms with E-state index in [-0.39, 0.29) is 12.1 Å². The number of hydrogen-bond acceptors (Lipinski definition) is 3. The Kier molecular flexibility index (Phi) is 4.28. The third kappa shape index (κ3) is 2.37. The van der Waals surface area contributed by atoms with E-state index in [4.69, 9.17) is 4.74 Å². The highest BCUT2D eigenvalue weighted by atomic mass is 16.5. The number of methoxy groups -OCH3 is 1. The Labute approximate surface area is 108 Å². The van der Waals surface area contributed by atoms with E-state index < -0.39 is 0 Å². The SMILES string of the molecule is CCC(OC)C(NC)c1cccc2ncccc12. The summed E-state index contributed by atoms with van der Waals surface area (Å²) >= 11 is 0. The van der Waals surface area contributed by atoms with Crippen LogP contribution in [0, 0.1) is 0 Å². The lowest BCUT2D eigenvalue weighted by Gasteiger charge is -2.26. The normalized spacial score (nSPS) is 14.6. The second-order valence-electron chi connectivity index (χ2n) is 4.37. The minimum Gasteiger partial charge on any atom is -0.379 e. The third-order valence-corrected chi connectivity index (χ3v) is 3.40. The molecule has 0 aliphatic heterocycles. The first kappa shape index (κ1) is 13.0. The number of nitrogens with zero attached hydrogens (tertiary/aromatic N) is 1. The molecule has 0 saturated heterocycles. The zero-order chi connectivity index (χ0) is 13.0. The van der Waals surface area contributed by atoms with E-state index >= 15 is 0 Å². The van der Waals surface area contributed by atoms with Gasteiger partial charge in [0, 0.05) is 18.7 Å². The summed E-state index contributed by atoms with van der Waals surface area (Å²) in [6.07, 6.45) is 2.97. The molecule has 2 unspecified atom stereocenters. The Morgan fingerprint density at radius 3 is 2.78 bits per heavy atom. The van der Waals surface area contributed by atoms with Crippen molar-refractivity contribution in [1.29, 1.82) is 0 Å². The molecule has 18 heavy (non-hydrogen) atoms. The van der Waals surface area contributed by atoms with Crippen LogP contribution in [0.1, 0.15) is 24.9 Å². The molecule has 0 amide bonds. The van der Waals surface area contributed by atoms with Gasteiger partial charge in [0.15, 0.2) is 0 Å². The summed E-state index contributed by atoms with van der Waals surface area (Å²) in [6.45, 7) is 2.14. The van der Waals surface area contributed by atoms with Crippen molar-refractivity contribution in [3.05, 3.63) is 42.1 Å². The summed E-state index contributed by atoms with van der Waals surface area (Å²) in [6, 6.07) is 10.5. The molecule has 3 heteroatoms. The van der Waals surface area contributed by atoms with Crippen LogP contribution in [-0.2, 0) is 4.74 Å². The molecule has 0 aliphatic carbocycles. The van der Waals surface area contributed by atoms with Gasteiger partial charge in [-0.1, -0.05) is 25.1 Å². The second kappa shape index (κ2) is 5.94. The van der Waals surface area contributed by atoms with Gasteiger partial charge in [-0.2, -0.15) is 0 Å². The van der Waals surface area contributed by atoms with Gasteiger partial charge in [-0.3, -0.25) is 4.98 Å². The summed E-state index contributed by atoms with van der Waals surface area (Å²) in [5.74, 6) is 0. The molecule has 1 N–H and O–H groups in total. The van der Waals surface area contributed by atoms with Crippen molar-refractivity contribution in [3.8, 4) is 0 Å². The van der Waals surface area contributed by atoms with Crippen LogP contribution in [0.25, 0.3) is 10.9 Å². The van der Waals surface area contributed by atoms with Gasteiger partial charge in [-0.15, -0.1) is 0 Å². The zero-order valence-corrected chi connectivity index (χ0v) is 11.2. The van der Waals surface area contributed by atoms with Crippen LogP contribution in [0.5, 0.6) is 0 Å². The Morgan fingerprint density at radius 1 is 1.28 bits per heavy atom. The Balaban J connectivity index is 2.51. The van der Waals surface area contributed by atoms with Gasteiger partial charge < -0.3 is 10.1 Å². The van der Waals surface area contributed by atoms with E-state index in [1.54, 1.807) is 7.11 Å². The van der Waals surface area contributed by atoms with Crippen LogP contribution < -0.4 is 5.32 Å². The monoisotopic (exact) mass is 244 g/mol. The summed E-state index contributed by atoms with van der Waals surface area (Å²) in [7, 11) is 3.74. The van der Waals surface area contributed by atoms with E-state index in [1.807, 2.05) is 25.4 Å². The van der Waals surface area contributed by atoms with Crippen LogP contribution >= 0.6 is 0 Å². The summed E-state index contributed by atoms with van der Waals surface area (Å²) in [5.41, 5.74) is 2.28. The largest absolute Gasteiger partial charge is 0.379 e. The van der Waals surface area contributed by atoms with E-state index in [0.29, 0.717) is 0 Å². The Morgan fingerprint density at radius 2 is 2.11 bits per heavy atom. The lowest BCUT2D eigenvalue weighted by molar-refractivity contribution is 0.0680. The first-order valence-corrected chi connectivity index (χ1v) is 6.35. The molecular formula is C15H20N2O. The molecule has 1 aromatic carbocycles. The first-order valence-electron chi connectivity index (χ1n) is 6.35. The molecule has 2 rings (SSSR count). The van der Waals surface area contributed by atoms with E-state index in [0.717, 1.165) is 11.9 Å². The molecule has 1 heterocycles. The molecule has 0 saturated carbocycles. The zero-order valence-electron chi connectivity index (χ0n) is 11.2. The summed E-state index contributed by atoms with van der Waals surface area (Å²) < 4.78 is 5.57. The van der Waals surface area contributed by atoms with Crippen molar-refractivity contribution in [3.63, 3.8) is 0 Å². The number of hydrogen-bond donors (Lipinski definition) is 1. The number of benzene rings is 1. The fourth-order valence-electron chi connectivity index (χ4n) is 2.48. The highest BCUT2D eigenvalue weighted by Crippen LogP contribution is 2.27. The number of ether oxygens (including phenoxy) is 1. The quantitative estimate of drug-likeness (QED) is 0.878. The lowest BCUT2D eigenvalue weighted by atomic mass is 9.96. The lowest BCUT2D eigenvalue weighted by Crippen LogP contribution is -2.30. The summed E-state index contributed by atoms with van der Waals surface area (Å²) in [5, 5.41) is 4.55. The molecule has 1 aromatic heterocycles. The van der Waals surface area contributed by atoms with Gasteiger partial charge in [0.1, 0.15) is 0 Å². The number of aromatic nitrogens is 1. The van der Waals surface area contributed by atoms with Crippen LogP contribution in [0.3, 0.4) is 0 Å². The molecule has 2 aromatic rings. The first-order chi connectivity index (χ1) is 8.81. The van der Waals surface area contributed by atoms with E-state index in [1.165, 1.54) is 10.9 Å². The fraction of sp³-hybridized carbons (Fsp3) is 0.400.